The highest BCUT2D eigenvalue weighted by Gasteiger charge is 2.50. The van der Waals surface area contributed by atoms with Crippen LogP contribution >= 0.6 is 0 Å². The van der Waals surface area contributed by atoms with Crippen molar-refractivity contribution in [2.24, 2.45) is 17.2 Å². The Bertz CT molecular complexity index is 384. The number of hydrazine groups is 1. The van der Waals surface area contributed by atoms with Crippen molar-refractivity contribution in [3.05, 3.63) is 35.4 Å². The molecule has 2 atom stereocenters. The topological polar surface area (TPSA) is 38.0 Å². The molecule has 1 aromatic rings. The maximum atomic E-state index is 13.1. The standard InChI is InChI=1S/C12H16F2N2/c1-12(2)6-10(12)11(16-15)7-3-8(13)5-9(14)4-7/h3-5,10-11,16H,6,15H2,1-2H3. The third-order valence-electron chi connectivity index (χ3n) is 3.42. The highest BCUT2D eigenvalue weighted by molar-refractivity contribution is 5.24. The SMILES string of the molecule is CC1(C)CC1C(NN)c1cc(F)cc(F)c1. The normalized spacial score (nSPS) is 24.2. The highest BCUT2D eigenvalue weighted by Crippen LogP contribution is 2.57. The first kappa shape index (κ1) is 11.5. The number of nitrogens with two attached hydrogens (primary N) is 1. The van der Waals surface area contributed by atoms with Crippen LogP contribution in [0, 0.1) is 23.0 Å². The molecule has 3 N–H and O–H groups in total. The molecule has 2 rings (SSSR count). The first-order chi connectivity index (χ1) is 7.44. The Morgan fingerprint density at radius 2 is 1.81 bits per heavy atom. The van der Waals surface area contributed by atoms with Gasteiger partial charge in [-0.3, -0.25) is 11.3 Å². The third kappa shape index (κ3) is 2.08. The lowest BCUT2D eigenvalue weighted by Crippen LogP contribution is -2.30. The Labute approximate surface area is 93.8 Å². The second-order valence-electron chi connectivity index (χ2n) is 5.15. The van der Waals surface area contributed by atoms with Crippen LogP contribution in [-0.4, -0.2) is 0 Å². The zero-order chi connectivity index (χ0) is 11.9. The molecule has 2 nitrogen and oxygen atoms in total. The largest absolute Gasteiger partial charge is 0.271 e. The van der Waals surface area contributed by atoms with Gasteiger partial charge in [-0.2, -0.15) is 0 Å². The summed E-state index contributed by atoms with van der Waals surface area (Å²) in [5.41, 5.74) is 3.43. The zero-order valence-electron chi connectivity index (χ0n) is 9.43. The minimum atomic E-state index is -0.561. The lowest BCUT2D eigenvalue weighted by Gasteiger charge is -2.18. The Kier molecular flexibility index (Phi) is 2.72. The number of hydrogen-bond donors (Lipinski definition) is 2. The quantitative estimate of drug-likeness (QED) is 0.614. The van der Waals surface area contributed by atoms with Crippen molar-refractivity contribution in [1.82, 2.24) is 5.43 Å². The molecule has 0 heterocycles. The molecule has 0 bridgehead atoms. The van der Waals surface area contributed by atoms with Crippen molar-refractivity contribution in [2.75, 3.05) is 0 Å². The molecule has 16 heavy (non-hydrogen) atoms. The average molecular weight is 226 g/mol. The predicted octanol–water partition coefficient (Wildman–Crippen LogP) is 2.52. The van der Waals surface area contributed by atoms with Gasteiger partial charge < -0.3 is 0 Å². The van der Waals surface area contributed by atoms with Crippen LogP contribution in [0.5, 0.6) is 0 Å². The van der Waals surface area contributed by atoms with E-state index in [0.717, 1.165) is 12.5 Å². The summed E-state index contributed by atoms with van der Waals surface area (Å²) in [6.45, 7) is 4.25. The third-order valence-corrected chi connectivity index (χ3v) is 3.42. The molecule has 1 saturated carbocycles. The van der Waals surface area contributed by atoms with E-state index in [9.17, 15) is 8.78 Å². The van der Waals surface area contributed by atoms with E-state index in [1.165, 1.54) is 12.1 Å². The van der Waals surface area contributed by atoms with E-state index in [4.69, 9.17) is 5.84 Å². The molecule has 0 aromatic heterocycles. The van der Waals surface area contributed by atoms with Crippen LogP contribution in [0.2, 0.25) is 0 Å². The van der Waals surface area contributed by atoms with E-state index in [2.05, 4.69) is 19.3 Å². The van der Waals surface area contributed by atoms with Crippen LogP contribution in [0.1, 0.15) is 31.9 Å². The summed E-state index contributed by atoms with van der Waals surface area (Å²) < 4.78 is 26.2. The number of hydrogen-bond acceptors (Lipinski definition) is 2. The zero-order valence-corrected chi connectivity index (χ0v) is 9.43. The summed E-state index contributed by atoms with van der Waals surface area (Å²) in [6.07, 6.45) is 1.01. The molecule has 0 aliphatic heterocycles. The van der Waals surface area contributed by atoms with Gasteiger partial charge in [0.15, 0.2) is 0 Å². The fraction of sp³-hybridized carbons (Fsp3) is 0.500. The Morgan fingerprint density at radius 1 is 1.31 bits per heavy atom. The van der Waals surface area contributed by atoms with Gasteiger partial charge in [0.05, 0.1) is 0 Å². The summed E-state index contributed by atoms with van der Waals surface area (Å²) in [5, 5.41) is 0. The van der Waals surface area contributed by atoms with Crippen LogP contribution < -0.4 is 11.3 Å². The van der Waals surface area contributed by atoms with Crippen molar-refractivity contribution in [3.8, 4) is 0 Å². The van der Waals surface area contributed by atoms with Gasteiger partial charge in [-0.05, 0) is 35.4 Å². The molecule has 4 heteroatoms. The molecule has 1 fully saturated rings. The van der Waals surface area contributed by atoms with Gasteiger partial charge in [-0.1, -0.05) is 13.8 Å². The first-order valence-corrected chi connectivity index (χ1v) is 5.36. The van der Waals surface area contributed by atoms with E-state index < -0.39 is 11.6 Å². The van der Waals surface area contributed by atoms with Crippen LogP contribution in [0.4, 0.5) is 8.78 Å². The number of nitrogens with one attached hydrogen (secondary N) is 1. The van der Waals surface area contributed by atoms with Gasteiger partial charge in [-0.25, -0.2) is 8.78 Å². The minimum Gasteiger partial charge on any atom is -0.271 e. The number of rotatable bonds is 3. The molecule has 1 aliphatic carbocycles. The van der Waals surface area contributed by atoms with Crippen molar-refractivity contribution < 1.29 is 8.78 Å². The lowest BCUT2D eigenvalue weighted by atomic mass is 9.97. The Morgan fingerprint density at radius 3 is 2.19 bits per heavy atom. The van der Waals surface area contributed by atoms with Gasteiger partial charge >= 0.3 is 0 Å². The number of halogens is 2. The summed E-state index contributed by atoms with van der Waals surface area (Å²) in [6, 6.07) is 3.36. The monoisotopic (exact) mass is 226 g/mol. The van der Waals surface area contributed by atoms with Crippen LogP contribution in [0.15, 0.2) is 18.2 Å². The summed E-state index contributed by atoms with van der Waals surface area (Å²) >= 11 is 0. The molecular weight excluding hydrogens is 210 g/mol. The van der Waals surface area contributed by atoms with Crippen molar-refractivity contribution in [2.45, 2.75) is 26.3 Å². The summed E-state index contributed by atoms with van der Waals surface area (Å²) in [7, 11) is 0. The maximum Gasteiger partial charge on any atom is 0.126 e. The molecule has 2 unspecified atom stereocenters. The molecular formula is C12H16F2N2. The molecule has 0 radical (unpaired) electrons. The second-order valence-corrected chi connectivity index (χ2v) is 5.15. The van der Waals surface area contributed by atoms with E-state index >= 15 is 0 Å². The van der Waals surface area contributed by atoms with Crippen LogP contribution in [-0.2, 0) is 0 Å². The maximum absolute atomic E-state index is 13.1. The van der Waals surface area contributed by atoms with E-state index in [1.54, 1.807) is 0 Å². The van der Waals surface area contributed by atoms with Crippen LogP contribution in [0.3, 0.4) is 0 Å². The van der Waals surface area contributed by atoms with E-state index in [-0.39, 0.29) is 11.5 Å². The fourth-order valence-electron chi connectivity index (χ4n) is 2.28. The second kappa shape index (κ2) is 3.79. The average Bonchev–Trinajstić information content (AvgIpc) is 2.74. The van der Waals surface area contributed by atoms with Crippen molar-refractivity contribution in [1.29, 1.82) is 0 Å². The van der Waals surface area contributed by atoms with E-state index in [0.29, 0.717) is 11.5 Å². The molecule has 0 amide bonds. The lowest BCUT2D eigenvalue weighted by molar-refractivity contribution is 0.419. The summed E-state index contributed by atoms with van der Waals surface area (Å²) in [5.74, 6) is 4.68. The molecule has 1 aliphatic rings. The molecule has 88 valence electrons. The van der Waals surface area contributed by atoms with Crippen LogP contribution in [0.25, 0.3) is 0 Å². The first-order valence-electron chi connectivity index (χ1n) is 5.36. The van der Waals surface area contributed by atoms with Gasteiger partial charge in [0, 0.05) is 12.1 Å². The predicted molar refractivity (Wildman–Crippen MR) is 58.3 cm³/mol. The summed E-state index contributed by atoms with van der Waals surface area (Å²) in [4.78, 5) is 0. The van der Waals surface area contributed by atoms with E-state index in [1.807, 2.05) is 0 Å². The van der Waals surface area contributed by atoms with Crippen molar-refractivity contribution >= 4 is 0 Å². The van der Waals surface area contributed by atoms with Gasteiger partial charge in [0.2, 0.25) is 0 Å². The van der Waals surface area contributed by atoms with Gasteiger partial charge in [0.25, 0.3) is 0 Å². The molecule has 1 aromatic carbocycles. The Balaban J connectivity index is 2.27. The van der Waals surface area contributed by atoms with Gasteiger partial charge in [0.1, 0.15) is 11.6 Å². The molecule has 0 spiro atoms. The number of benzene rings is 1. The fourth-order valence-corrected chi connectivity index (χ4v) is 2.28. The van der Waals surface area contributed by atoms with Crippen molar-refractivity contribution in [3.63, 3.8) is 0 Å². The molecule has 0 saturated heterocycles. The highest BCUT2D eigenvalue weighted by atomic mass is 19.1. The Hall–Kier alpha value is -1.00. The smallest absolute Gasteiger partial charge is 0.126 e. The minimum absolute atomic E-state index is 0.180. The van der Waals surface area contributed by atoms with Gasteiger partial charge in [-0.15, -0.1) is 0 Å².